The van der Waals surface area contributed by atoms with Gasteiger partial charge in [-0.1, -0.05) is 60.4 Å². The summed E-state index contributed by atoms with van der Waals surface area (Å²) in [6.45, 7) is 0. The molecule has 0 spiro atoms. The summed E-state index contributed by atoms with van der Waals surface area (Å²) in [6.07, 6.45) is 0.330. The summed E-state index contributed by atoms with van der Waals surface area (Å²) in [5.41, 5.74) is 4.22. The van der Waals surface area contributed by atoms with Gasteiger partial charge in [-0.25, -0.2) is 0 Å². The fourth-order valence-electron chi connectivity index (χ4n) is 3.18. The minimum Gasteiger partial charge on any atom is -0.508 e. The van der Waals surface area contributed by atoms with Crippen molar-refractivity contribution in [2.75, 3.05) is 5.32 Å². The molecule has 4 rings (SSSR count). The van der Waals surface area contributed by atoms with Crippen molar-refractivity contribution < 1.29 is 9.90 Å². The third-order valence-electron chi connectivity index (χ3n) is 4.46. The fourth-order valence-corrected chi connectivity index (χ4v) is 3.18. The van der Waals surface area contributed by atoms with E-state index in [1.165, 1.54) is 0 Å². The van der Waals surface area contributed by atoms with Crippen LogP contribution in [0.25, 0.3) is 0 Å². The Morgan fingerprint density at radius 1 is 0.962 bits per heavy atom. The lowest BCUT2D eigenvalue weighted by Crippen LogP contribution is -2.03. The monoisotopic (exact) mass is 339 g/mol. The normalized spacial score (nSPS) is 13.3. The van der Waals surface area contributed by atoms with Crippen molar-refractivity contribution in [3.63, 3.8) is 0 Å². The molecule has 1 aliphatic rings. The van der Waals surface area contributed by atoms with E-state index in [4.69, 9.17) is 0 Å². The van der Waals surface area contributed by atoms with Gasteiger partial charge in [0.05, 0.1) is 12.3 Å². The van der Waals surface area contributed by atoms with Crippen LogP contribution in [0.15, 0.2) is 72.8 Å². The van der Waals surface area contributed by atoms with Gasteiger partial charge in [-0.05, 0) is 29.3 Å². The summed E-state index contributed by atoms with van der Waals surface area (Å²) >= 11 is 0. The van der Waals surface area contributed by atoms with Crippen molar-refractivity contribution in [2.24, 2.45) is 0 Å². The first kappa shape index (κ1) is 16.0. The highest BCUT2D eigenvalue weighted by molar-refractivity contribution is 5.99. The molecule has 0 aliphatic carbocycles. The topological polar surface area (TPSA) is 49.3 Å². The number of rotatable bonds is 2. The fraction of sp³-hybridized carbons (Fsp3) is 0.0870. The van der Waals surface area contributed by atoms with Crippen molar-refractivity contribution in [1.82, 2.24) is 0 Å². The molecule has 3 aromatic carbocycles. The molecular formula is C23H17NO2. The van der Waals surface area contributed by atoms with Crippen molar-refractivity contribution >= 4 is 11.6 Å². The molecule has 1 unspecified atom stereocenters. The van der Waals surface area contributed by atoms with Crippen LogP contribution in [0.3, 0.4) is 0 Å². The summed E-state index contributed by atoms with van der Waals surface area (Å²) < 4.78 is 0. The minimum absolute atomic E-state index is 0.0526. The third kappa shape index (κ3) is 3.18. The third-order valence-corrected chi connectivity index (χ3v) is 4.46. The number of benzene rings is 3. The molecule has 0 fully saturated rings. The number of fused-ring (bicyclic) bond motifs is 1. The van der Waals surface area contributed by atoms with Gasteiger partial charge in [0.2, 0.25) is 5.91 Å². The summed E-state index contributed by atoms with van der Waals surface area (Å²) in [6, 6.07) is 23.2. The molecule has 1 heterocycles. The lowest BCUT2D eigenvalue weighted by atomic mass is 9.89. The van der Waals surface area contributed by atoms with Gasteiger partial charge in [0.1, 0.15) is 5.75 Å². The number of phenols is 1. The Bertz CT molecular complexity index is 1010. The second-order valence-electron chi connectivity index (χ2n) is 6.27. The molecule has 1 atom stereocenters. The molecule has 26 heavy (non-hydrogen) atoms. The van der Waals surface area contributed by atoms with E-state index in [2.05, 4.69) is 17.2 Å². The molecule has 1 amide bonds. The number of hydrogen-bond acceptors (Lipinski definition) is 2. The Morgan fingerprint density at radius 2 is 1.65 bits per heavy atom. The first-order valence-corrected chi connectivity index (χ1v) is 8.48. The first-order valence-electron chi connectivity index (χ1n) is 8.48. The molecule has 1 aliphatic heterocycles. The van der Waals surface area contributed by atoms with Gasteiger partial charge in [0.25, 0.3) is 0 Å². The molecule has 126 valence electrons. The maximum atomic E-state index is 11.7. The van der Waals surface area contributed by atoms with E-state index in [9.17, 15) is 9.90 Å². The molecule has 2 N–H and O–H groups in total. The second-order valence-corrected chi connectivity index (χ2v) is 6.27. The number of phenolic OH excluding ortho intramolecular Hbond substituents is 1. The molecule has 0 bridgehead atoms. The van der Waals surface area contributed by atoms with Crippen LogP contribution in [0.5, 0.6) is 5.75 Å². The highest BCUT2D eigenvalue weighted by atomic mass is 16.3. The van der Waals surface area contributed by atoms with E-state index < -0.39 is 0 Å². The molecule has 0 radical (unpaired) electrons. The van der Waals surface area contributed by atoms with Crippen molar-refractivity contribution in [1.29, 1.82) is 0 Å². The summed E-state index contributed by atoms with van der Waals surface area (Å²) in [5, 5.41) is 13.3. The predicted molar refractivity (Wildman–Crippen MR) is 102 cm³/mol. The van der Waals surface area contributed by atoms with Crippen LogP contribution in [0.2, 0.25) is 0 Å². The summed E-state index contributed by atoms with van der Waals surface area (Å²) in [7, 11) is 0. The number of carbonyl (C=O) groups excluding carboxylic acids is 1. The van der Waals surface area contributed by atoms with Gasteiger partial charge in [0, 0.05) is 22.9 Å². The van der Waals surface area contributed by atoms with E-state index in [-0.39, 0.29) is 17.6 Å². The number of aromatic hydroxyl groups is 1. The van der Waals surface area contributed by atoms with Gasteiger partial charge in [0.15, 0.2) is 0 Å². The van der Waals surface area contributed by atoms with E-state index in [1.54, 1.807) is 6.07 Å². The van der Waals surface area contributed by atoms with Crippen molar-refractivity contribution in [3.05, 3.63) is 95.1 Å². The van der Waals surface area contributed by atoms with E-state index in [1.807, 2.05) is 66.7 Å². The van der Waals surface area contributed by atoms with Crippen LogP contribution in [0, 0.1) is 11.8 Å². The Kier molecular flexibility index (Phi) is 4.17. The zero-order valence-electron chi connectivity index (χ0n) is 14.1. The standard InChI is InChI=1S/C23H17NO2/c25-22-15-21-18(14-23(26)24-21)13-20(22)19(17-9-5-2-6-10-17)12-11-16-7-3-1-4-8-16/h1-10,13,15,19,25H,14H2,(H,24,26). The van der Waals surface area contributed by atoms with E-state index >= 15 is 0 Å². The molecule has 0 saturated heterocycles. The summed E-state index contributed by atoms with van der Waals surface area (Å²) in [4.78, 5) is 11.7. The zero-order chi connectivity index (χ0) is 17.9. The molecular weight excluding hydrogens is 322 g/mol. The minimum atomic E-state index is -0.280. The molecule has 3 heteroatoms. The van der Waals surface area contributed by atoms with Gasteiger partial charge in [-0.2, -0.15) is 0 Å². The van der Waals surface area contributed by atoms with Crippen LogP contribution >= 0.6 is 0 Å². The number of amides is 1. The predicted octanol–water partition coefficient (Wildman–Crippen LogP) is 4.07. The van der Waals surface area contributed by atoms with Gasteiger partial charge in [-0.3, -0.25) is 4.79 Å². The number of carbonyl (C=O) groups is 1. The van der Waals surface area contributed by atoms with Crippen LogP contribution in [0.4, 0.5) is 5.69 Å². The van der Waals surface area contributed by atoms with Crippen molar-refractivity contribution in [2.45, 2.75) is 12.3 Å². The van der Waals surface area contributed by atoms with E-state index in [0.29, 0.717) is 12.1 Å². The lowest BCUT2D eigenvalue weighted by molar-refractivity contribution is -0.115. The Labute approximate surface area is 152 Å². The van der Waals surface area contributed by atoms with Gasteiger partial charge >= 0.3 is 0 Å². The largest absolute Gasteiger partial charge is 0.508 e. The van der Waals surface area contributed by atoms with Crippen LogP contribution in [-0.2, 0) is 11.2 Å². The lowest BCUT2D eigenvalue weighted by Gasteiger charge is -2.15. The highest BCUT2D eigenvalue weighted by Crippen LogP contribution is 2.37. The average Bonchev–Trinajstić information content (AvgIpc) is 3.02. The molecule has 3 nitrogen and oxygen atoms in total. The number of anilines is 1. The van der Waals surface area contributed by atoms with E-state index in [0.717, 1.165) is 22.3 Å². The second kappa shape index (κ2) is 6.78. The van der Waals surface area contributed by atoms with Gasteiger partial charge in [-0.15, -0.1) is 0 Å². The molecule has 0 aromatic heterocycles. The SMILES string of the molecule is O=C1Cc2cc(C(C#Cc3ccccc3)c3ccccc3)c(O)cc2N1. The van der Waals surface area contributed by atoms with Crippen LogP contribution in [-0.4, -0.2) is 11.0 Å². The van der Waals surface area contributed by atoms with Crippen molar-refractivity contribution in [3.8, 4) is 17.6 Å². The number of nitrogens with one attached hydrogen (secondary N) is 1. The Hall–Kier alpha value is -3.51. The maximum absolute atomic E-state index is 11.7. The van der Waals surface area contributed by atoms with Crippen LogP contribution < -0.4 is 5.32 Å². The van der Waals surface area contributed by atoms with Gasteiger partial charge < -0.3 is 10.4 Å². The first-order chi connectivity index (χ1) is 12.7. The molecule has 3 aromatic rings. The van der Waals surface area contributed by atoms with Crippen LogP contribution in [0.1, 0.15) is 28.2 Å². The average molecular weight is 339 g/mol. The zero-order valence-corrected chi connectivity index (χ0v) is 14.1. The Morgan fingerprint density at radius 3 is 2.38 bits per heavy atom. The highest BCUT2D eigenvalue weighted by Gasteiger charge is 2.23. The summed E-state index contributed by atoms with van der Waals surface area (Å²) in [5.74, 6) is 6.31. The Balaban J connectivity index is 1.81. The number of hydrogen-bond donors (Lipinski definition) is 2. The molecule has 0 saturated carbocycles. The quantitative estimate of drug-likeness (QED) is 0.692. The smallest absolute Gasteiger partial charge is 0.228 e. The maximum Gasteiger partial charge on any atom is 0.228 e.